The molecule has 7 aromatic rings. The van der Waals surface area contributed by atoms with E-state index >= 15 is 4.39 Å². The molecule has 0 aliphatic carbocycles. The molecule has 0 atom stereocenters. The lowest BCUT2D eigenvalue weighted by atomic mass is 10.2. The fraction of sp³-hybridized carbons (Fsp3) is 0.125. The number of halogens is 1. The van der Waals surface area contributed by atoms with Gasteiger partial charge in [0.05, 0.1) is 43.9 Å². The van der Waals surface area contributed by atoms with Crippen LogP contribution in [-0.4, -0.2) is 39.7 Å². The molecule has 0 saturated heterocycles. The normalized spacial score (nSPS) is 12.2. The molecule has 166 valence electrons. The van der Waals surface area contributed by atoms with Gasteiger partial charge in [0.1, 0.15) is 22.1 Å². The monoisotopic (exact) mass is 468 g/mol. The van der Waals surface area contributed by atoms with Gasteiger partial charge in [0.25, 0.3) is 0 Å². The minimum atomic E-state index is -0.470. The van der Waals surface area contributed by atoms with Crippen molar-refractivity contribution in [3.05, 3.63) is 54.9 Å². The van der Waals surface area contributed by atoms with Gasteiger partial charge in [-0.2, -0.15) is 5.10 Å². The minimum Gasteiger partial charge on any atom is -0.336 e. The molecule has 10 heteroatoms. The predicted molar refractivity (Wildman–Crippen MR) is 133 cm³/mol. The molecule has 0 saturated carbocycles. The fourth-order valence-corrected chi connectivity index (χ4v) is 5.69. The Balaban J connectivity index is 1.83. The average Bonchev–Trinajstić information content (AvgIpc) is 3.56. The number of aromatic nitrogens is 8. The number of hydrogen-bond acceptors (Lipinski definition) is 6. The van der Waals surface area contributed by atoms with Crippen molar-refractivity contribution in [3.63, 3.8) is 0 Å². The highest BCUT2D eigenvalue weighted by atomic mass is 32.1. The summed E-state index contributed by atoms with van der Waals surface area (Å²) in [5.41, 5.74) is 4.72. The van der Waals surface area contributed by atoms with Crippen LogP contribution in [0.2, 0.25) is 0 Å². The molecule has 7 heterocycles. The van der Waals surface area contributed by atoms with Gasteiger partial charge in [0, 0.05) is 23.8 Å². The van der Waals surface area contributed by atoms with Crippen LogP contribution in [0.25, 0.3) is 64.6 Å². The van der Waals surface area contributed by atoms with Crippen molar-refractivity contribution >= 4 is 75.9 Å². The molecule has 2 N–H and O–H groups in total. The molecule has 0 fully saturated rings. The van der Waals surface area contributed by atoms with E-state index in [-0.39, 0.29) is 11.6 Å². The van der Waals surface area contributed by atoms with E-state index in [2.05, 4.69) is 60.7 Å². The Hall–Kier alpha value is -4.18. The summed E-state index contributed by atoms with van der Waals surface area (Å²) >= 11 is 1.63. The number of imidazole rings is 1. The van der Waals surface area contributed by atoms with Crippen LogP contribution in [0.4, 0.5) is 4.39 Å². The second-order valence-electron chi connectivity index (χ2n) is 8.46. The molecule has 8 nitrogen and oxygen atoms in total. The maximum Gasteiger partial charge on any atom is 0.161 e. The highest BCUT2D eigenvalue weighted by Gasteiger charge is 2.16. The molecular formula is C24H17FN8S. The number of thiophene rings is 1. The zero-order valence-corrected chi connectivity index (χ0v) is 19.0. The summed E-state index contributed by atoms with van der Waals surface area (Å²) in [5.74, 6) is -0.470. The van der Waals surface area contributed by atoms with E-state index < -0.39 is 5.82 Å². The number of hydrogen-bond donors (Lipinski definition) is 2. The molecule has 7 rings (SSSR count). The topological polar surface area (TPSA) is 101 Å². The summed E-state index contributed by atoms with van der Waals surface area (Å²) in [6.45, 7) is 4.23. The van der Waals surface area contributed by atoms with Crippen LogP contribution in [-0.2, 0) is 0 Å². The van der Waals surface area contributed by atoms with Crippen LogP contribution in [0.1, 0.15) is 19.9 Å². The molecule has 34 heavy (non-hydrogen) atoms. The summed E-state index contributed by atoms with van der Waals surface area (Å²) in [4.78, 5) is 22.6. The third-order valence-corrected chi connectivity index (χ3v) is 7.12. The standard InChI is InChI=1S/C24H17FN8S/c1-11(2)33-13-7-12(8-26-9-13)20-19(25)18-15(10-28-20)31-32-23(18)24-29-14-5-6-27-22(21(14)30-24)16-3-4-17(33)34-16/h3-11H,1-2H3,(H,29,30)(H,31,32). The van der Waals surface area contributed by atoms with Crippen LogP contribution >= 0.6 is 11.3 Å². The lowest BCUT2D eigenvalue weighted by Crippen LogP contribution is -2.01. The molecule has 0 aliphatic rings. The van der Waals surface area contributed by atoms with Gasteiger partial charge in [-0.05, 0) is 38.1 Å². The molecule has 0 unspecified atom stereocenters. The van der Waals surface area contributed by atoms with Gasteiger partial charge in [-0.15, -0.1) is 11.3 Å². The van der Waals surface area contributed by atoms with Crippen molar-refractivity contribution in [1.29, 1.82) is 0 Å². The Morgan fingerprint density at radius 3 is 2.76 bits per heavy atom. The fourth-order valence-electron chi connectivity index (χ4n) is 4.53. The zero-order chi connectivity index (χ0) is 23.0. The first-order valence-corrected chi connectivity index (χ1v) is 11.6. The van der Waals surface area contributed by atoms with E-state index in [1.54, 1.807) is 36.1 Å². The lowest BCUT2D eigenvalue weighted by molar-refractivity contribution is 0.640. The van der Waals surface area contributed by atoms with E-state index in [9.17, 15) is 0 Å². The molecule has 0 spiro atoms. The molecule has 7 aromatic heterocycles. The highest BCUT2D eigenvalue weighted by molar-refractivity contribution is 7.23. The average molecular weight is 469 g/mol. The SMILES string of the molecule is CC(C)n1c2cncc(c2)c2ncc3[nH]nc(c4nc5c(ccnc5c5ccc1s5)[nH]4)c3c2F. The number of nitrogens with one attached hydrogen (secondary N) is 2. The van der Waals surface area contributed by atoms with Crippen LogP contribution in [0, 0.1) is 5.82 Å². The van der Waals surface area contributed by atoms with Gasteiger partial charge in [-0.25, -0.2) is 9.37 Å². The molecule has 0 aliphatic heterocycles. The Bertz CT molecular complexity index is 1980. The summed E-state index contributed by atoms with van der Waals surface area (Å²) < 4.78 is 19.1. The van der Waals surface area contributed by atoms with Crippen molar-refractivity contribution in [2.24, 2.45) is 0 Å². The van der Waals surface area contributed by atoms with Gasteiger partial charge >= 0.3 is 0 Å². The van der Waals surface area contributed by atoms with Crippen LogP contribution < -0.4 is 0 Å². The first kappa shape index (κ1) is 19.3. The second kappa shape index (κ2) is 6.91. The summed E-state index contributed by atoms with van der Waals surface area (Å²) in [6, 6.07) is 8.06. The quantitative estimate of drug-likeness (QED) is 0.310. The van der Waals surface area contributed by atoms with Gasteiger partial charge < -0.3 is 9.55 Å². The van der Waals surface area contributed by atoms with Crippen molar-refractivity contribution < 1.29 is 4.39 Å². The van der Waals surface area contributed by atoms with E-state index in [0.29, 0.717) is 33.0 Å². The largest absolute Gasteiger partial charge is 0.336 e. The summed E-state index contributed by atoms with van der Waals surface area (Å²) in [5, 5.41) is 8.18. The number of nitrogens with zero attached hydrogens (tertiary/aromatic N) is 6. The van der Waals surface area contributed by atoms with Crippen molar-refractivity contribution in [2.75, 3.05) is 0 Å². The Labute approximate surface area is 194 Å². The number of aromatic amines is 2. The van der Waals surface area contributed by atoms with Crippen LogP contribution in [0.3, 0.4) is 0 Å². The maximum absolute atomic E-state index is 16.0. The van der Waals surface area contributed by atoms with Gasteiger partial charge in [0.15, 0.2) is 11.5 Å². The molecule has 0 amide bonds. The Morgan fingerprint density at radius 2 is 1.88 bits per heavy atom. The zero-order valence-electron chi connectivity index (χ0n) is 18.2. The smallest absolute Gasteiger partial charge is 0.161 e. The van der Waals surface area contributed by atoms with E-state index in [1.165, 1.54) is 0 Å². The Kier molecular flexibility index (Phi) is 3.92. The minimum absolute atomic E-state index is 0.140. The van der Waals surface area contributed by atoms with Gasteiger partial charge in [-0.3, -0.25) is 20.1 Å². The van der Waals surface area contributed by atoms with Gasteiger partial charge in [-0.1, -0.05) is 0 Å². The summed E-state index contributed by atoms with van der Waals surface area (Å²) in [6.07, 6.45) is 6.77. The van der Waals surface area contributed by atoms with Gasteiger partial charge in [0.2, 0.25) is 0 Å². The second-order valence-corrected chi connectivity index (χ2v) is 9.52. The third kappa shape index (κ3) is 2.65. The van der Waals surface area contributed by atoms with Crippen LogP contribution in [0.5, 0.6) is 0 Å². The predicted octanol–water partition coefficient (Wildman–Crippen LogP) is 5.94. The number of rotatable bonds is 1. The highest BCUT2D eigenvalue weighted by Crippen LogP contribution is 2.31. The summed E-state index contributed by atoms with van der Waals surface area (Å²) in [7, 11) is 0. The Morgan fingerprint density at radius 1 is 0.971 bits per heavy atom. The first-order valence-electron chi connectivity index (χ1n) is 10.8. The van der Waals surface area contributed by atoms with Crippen molar-refractivity contribution in [1.82, 2.24) is 39.7 Å². The van der Waals surface area contributed by atoms with E-state index in [4.69, 9.17) is 4.98 Å². The number of pyridine rings is 3. The third-order valence-electron chi connectivity index (χ3n) is 6.02. The first-order chi connectivity index (χ1) is 16.6. The molecule has 8 bridgehead atoms. The molecule has 0 aromatic carbocycles. The number of fused-ring (bicyclic) bond motifs is 9. The number of H-pyrrole nitrogens is 2. The lowest BCUT2D eigenvalue weighted by Gasteiger charge is -2.12. The maximum atomic E-state index is 16.0. The molecule has 0 radical (unpaired) electrons. The van der Waals surface area contributed by atoms with E-state index in [0.717, 1.165) is 26.1 Å². The molecular weight excluding hydrogens is 451 g/mol. The van der Waals surface area contributed by atoms with Crippen LogP contribution in [0.15, 0.2) is 49.1 Å². The van der Waals surface area contributed by atoms with Crippen molar-refractivity contribution in [3.8, 4) is 0 Å². The van der Waals surface area contributed by atoms with E-state index in [1.807, 2.05) is 12.1 Å². The van der Waals surface area contributed by atoms with Crippen molar-refractivity contribution in [2.45, 2.75) is 19.9 Å².